The minimum atomic E-state index is -0.527. The molecule has 22 heavy (non-hydrogen) atoms. The Kier molecular flexibility index (Phi) is 5.52. The highest BCUT2D eigenvalue weighted by Crippen LogP contribution is 2.26. The molecule has 0 aliphatic heterocycles. The van der Waals surface area contributed by atoms with Crippen molar-refractivity contribution in [3.63, 3.8) is 0 Å². The SMILES string of the molecule is COC(=O)C(C)CN(C(=O)c1ccccc1F)C1CCCC1. The monoisotopic (exact) mass is 307 g/mol. The summed E-state index contributed by atoms with van der Waals surface area (Å²) in [5.41, 5.74) is 0.0615. The van der Waals surface area contributed by atoms with E-state index in [2.05, 4.69) is 0 Å². The van der Waals surface area contributed by atoms with E-state index in [-0.39, 0.29) is 30.0 Å². The predicted molar refractivity (Wildman–Crippen MR) is 80.9 cm³/mol. The molecule has 0 N–H and O–H groups in total. The molecule has 4 nitrogen and oxygen atoms in total. The van der Waals surface area contributed by atoms with Crippen LogP contribution in [0.15, 0.2) is 24.3 Å². The van der Waals surface area contributed by atoms with Gasteiger partial charge in [0, 0.05) is 12.6 Å². The predicted octanol–water partition coefficient (Wildman–Crippen LogP) is 3.02. The molecule has 120 valence electrons. The Morgan fingerprint density at radius 1 is 1.32 bits per heavy atom. The van der Waals surface area contributed by atoms with Crippen LogP contribution in [-0.4, -0.2) is 36.5 Å². The molecule has 0 bridgehead atoms. The van der Waals surface area contributed by atoms with Gasteiger partial charge in [-0.3, -0.25) is 9.59 Å². The van der Waals surface area contributed by atoms with Gasteiger partial charge in [0.25, 0.3) is 5.91 Å². The molecule has 1 unspecified atom stereocenters. The van der Waals surface area contributed by atoms with Gasteiger partial charge in [-0.1, -0.05) is 31.9 Å². The third kappa shape index (κ3) is 3.64. The van der Waals surface area contributed by atoms with Gasteiger partial charge in [-0.25, -0.2) is 4.39 Å². The Morgan fingerprint density at radius 2 is 1.95 bits per heavy atom. The Labute approximate surface area is 130 Å². The molecular formula is C17H22FNO3. The number of hydrogen-bond acceptors (Lipinski definition) is 3. The second-order valence-electron chi connectivity index (χ2n) is 5.80. The van der Waals surface area contributed by atoms with Crippen molar-refractivity contribution in [2.45, 2.75) is 38.6 Å². The minimum Gasteiger partial charge on any atom is -0.469 e. The van der Waals surface area contributed by atoms with Gasteiger partial charge in [0.1, 0.15) is 5.82 Å². The van der Waals surface area contributed by atoms with Crippen LogP contribution in [-0.2, 0) is 9.53 Å². The van der Waals surface area contributed by atoms with Gasteiger partial charge in [0.15, 0.2) is 0 Å². The van der Waals surface area contributed by atoms with Crippen molar-refractivity contribution in [3.05, 3.63) is 35.6 Å². The lowest BCUT2D eigenvalue weighted by atomic mass is 10.1. The van der Waals surface area contributed by atoms with Gasteiger partial charge >= 0.3 is 5.97 Å². The number of nitrogens with zero attached hydrogens (tertiary/aromatic N) is 1. The Balaban J connectivity index is 2.22. The largest absolute Gasteiger partial charge is 0.469 e. The molecule has 5 heteroatoms. The highest BCUT2D eigenvalue weighted by molar-refractivity contribution is 5.95. The van der Waals surface area contributed by atoms with Crippen molar-refractivity contribution in [1.82, 2.24) is 4.90 Å². The van der Waals surface area contributed by atoms with Crippen molar-refractivity contribution in [1.29, 1.82) is 0 Å². The molecule has 0 heterocycles. The lowest BCUT2D eigenvalue weighted by Crippen LogP contribution is -2.43. The van der Waals surface area contributed by atoms with E-state index in [1.54, 1.807) is 24.0 Å². The zero-order chi connectivity index (χ0) is 16.1. The fourth-order valence-corrected chi connectivity index (χ4v) is 2.97. The zero-order valence-corrected chi connectivity index (χ0v) is 13.0. The molecule has 0 saturated heterocycles. The first kappa shape index (κ1) is 16.5. The number of rotatable bonds is 5. The molecular weight excluding hydrogens is 285 g/mol. The third-order valence-corrected chi connectivity index (χ3v) is 4.20. The molecule has 1 atom stereocenters. The smallest absolute Gasteiger partial charge is 0.310 e. The summed E-state index contributed by atoms with van der Waals surface area (Å²) >= 11 is 0. The minimum absolute atomic E-state index is 0.0615. The summed E-state index contributed by atoms with van der Waals surface area (Å²) in [6.45, 7) is 1.98. The molecule has 1 aromatic rings. The van der Waals surface area contributed by atoms with Crippen LogP contribution < -0.4 is 0 Å². The molecule has 0 aromatic heterocycles. The van der Waals surface area contributed by atoms with E-state index in [4.69, 9.17) is 4.74 Å². The number of hydrogen-bond donors (Lipinski definition) is 0. The van der Waals surface area contributed by atoms with Crippen LogP contribution in [0.25, 0.3) is 0 Å². The Bertz CT molecular complexity index is 540. The quantitative estimate of drug-likeness (QED) is 0.786. The summed E-state index contributed by atoms with van der Waals surface area (Å²) in [4.78, 5) is 26.0. The third-order valence-electron chi connectivity index (χ3n) is 4.20. The van der Waals surface area contributed by atoms with Crippen LogP contribution >= 0.6 is 0 Å². The molecule has 0 spiro atoms. The second kappa shape index (κ2) is 7.38. The van der Waals surface area contributed by atoms with Gasteiger partial charge < -0.3 is 9.64 Å². The van der Waals surface area contributed by atoms with Gasteiger partial charge in [-0.05, 0) is 25.0 Å². The standard InChI is InChI=1S/C17H22FNO3/c1-12(17(21)22-2)11-19(13-7-3-4-8-13)16(20)14-9-5-6-10-15(14)18/h5-6,9-10,12-13H,3-4,7-8,11H2,1-2H3. The normalized spacial score (nSPS) is 16.3. The highest BCUT2D eigenvalue weighted by atomic mass is 19.1. The summed E-state index contributed by atoms with van der Waals surface area (Å²) in [5, 5.41) is 0. The topological polar surface area (TPSA) is 46.6 Å². The number of carbonyl (C=O) groups is 2. The summed E-state index contributed by atoms with van der Waals surface area (Å²) in [6, 6.07) is 6.04. The zero-order valence-electron chi connectivity index (χ0n) is 13.0. The molecule has 1 amide bonds. The number of methoxy groups -OCH3 is 1. The van der Waals surface area contributed by atoms with Crippen molar-refractivity contribution in [2.75, 3.05) is 13.7 Å². The van der Waals surface area contributed by atoms with Crippen LogP contribution in [0.1, 0.15) is 43.0 Å². The molecule has 1 saturated carbocycles. The molecule has 1 aliphatic rings. The van der Waals surface area contributed by atoms with Gasteiger partial charge in [-0.2, -0.15) is 0 Å². The number of esters is 1. The first-order valence-electron chi connectivity index (χ1n) is 7.68. The maximum Gasteiger partial charge on any atom is 0.310 e. The number of ether oxygens (including phenoxy) is 1. The number of carbonyl (C=O) groups excluding carboxylic acids is 2. The highest BCUT2D eigenvalue weighted by Gasteiger charge is 2.31. The lowest BCUT2D eigenvalue weighted by Gasteiger charge is -2.31. The van der Waals surface area contributed by atoms with E-state index >= 15 is 0 Å². The first-order valence-corrected chi connectivity index (χ1v) is 7.68. The maximum absolute atomic E-state index is 13.9. The van der Waals surface area contributed by atoms with E-state index in [0.717, 1.165) is 25.7 Å². The second-order valence-corrected chi connectivity index (χ2v) is 5.80. The van der Waals surface area contributed by atoms with E-state index in [0.29, 0.717) is 0 Å². The molecule has 2 rings (SSSR count). The first-order chi connectivity index (χ1) is 10.5. The van der Waals surface area contributed by atoms with Crippen molar-refractivity contribution in [3.8, 4) is 0 Å². The summed E-state index contributed by atoms with van der Waals surface area (Å²) in [5.74, 6) is -1.66. The fourth-order valence-electron chi connectivity index (χ4n) is 2.97. The van der Waals surface area contributed by atoms with Crippen LogP contribution in [0.5, 0.6) is 0 Å². The average Bonchev–Trinajstić information content (AvgIpc) is 3.05. The molecule has 0 radical (unpaired) electrons. The van der Waals surface area contributed by atoms with Crippen molar-refractivity contribution >= 4 is 11.9 Å². The van der Waals surface area contributed by atoms with Crippen molar-refractivity contribution in [2.24, 2.45) is 5.92 Å². The van der Waals surface area contributed by atoms with Crippen molar-refractivity contribution < 1.29 is 18.7 Å². The Hall–Kier alpha value is -1.91. The number of benzene rings is 1. The van der Waals surface area contributed by atoms with Crippen LogP contribution in [0, 0.1) is 11.7 Å². The number of amides is 1. The van der Waals surface area contributed by atoms with E-state index in [9.17, 15) is 14.0 Å². The average molecular weight is 307 g/mol. The summed E-state index contributed by atoms with van der Waals surface area (Å²) < 4.78 is 18.6. The molecule has 1 fully saturated rings. The molecule has 1 aliphatic carbocycles. The summed E-state index contributed by atoms with van der Waals surface area (Å²) in [6.07, 6.45) is 3.90. The van der Waals surface area contributed by atoms with E-state index in [1.807, 2.05) is 0 Å². The molecule has 1 aromatic carbocycles. The summed E-state index contributed by atoms with van der Waals surface area (Å²) in [7, 11) is 1.33. The van der Waals surface area contributed by atoms with Gasteiger partial charge in [0.05, 0.1) is 18.6 Å². The maximum atomic E-state index is 13.9. The fraction of sp³-hybridized carbons (Fsp3) is 0.529. The van der Waals surface area contributed by atoms with Crippen LogP contribution in [0.3, 0.4) is 0 Å². The Morgan fingerprint density at radius 3 is 2.55 bits per heavy atom. The lowest BCUT2D eigenvalue weighted by molar-refractivity contribution is -0.145. The van der Waals surface area contributed by atoms with Gasteiger partial charge in [0.2, 0.25) is 0 Å². The number of halogens is 1. The van der Waals surface area contributed by atoms with Gasteiger partial charge in [-0.15, -0.1) is 0 Å². The van der Waals surface area contributed by atoms with Crippen LogP contribution in [0.2, 0.25) is 0 Å². The van der Waals surface area contributed by atoms with E-state index in [1.165, 1.54) is 19.2 Å². The van der Waals surface area contributed by atoms with Crippen LogP contribution in [0.4, 0.5) is 4.39 Å². The van der Waals surface area contributed by atoms with E-state index < -0.39 is 11.7 Å².